The van der Waals surface area contributed by atoms with Crippen LogP contribution in [0.5, 0.6) is 5.88 Å². The van der Waals surface area contributed by atoms with E-state index in [1.54, 1.807) is 11.7 Å². The predicted molar refractivity (Wildman–Crippen MR) is 116 cm³/mol. The molecule has 0 bridgehead atoms. The summed E-state index contributed by atoms with van der Waals surface area (Å²) in [4.78, 5) is 20.1. The molecule has 1 aromatic carbocycles. The SMILES string of the molecule is Cl.Cn1nc(OC2CCNCC2)cc1-c1nc2c(oc3ccc(Br)cc32)c(=O)[nH]1. The average molecular weight is 481 g/mol. The lowest BCUT2D eigenvalue weighted by Gasteiger charge is -2.22. The lowest BCUT2D eigenvalue weighted by molar-refractivity contribution is 0.155. The molecule has 0 saturated carbocycles. The van der Waals surface area contributed by atoms with Crippen molar-refractivity contribution >= 4 is 50.4 Å². The molecular weight excluding hydrogens is 462 g/mol. The van der Waals surface area contributed by atoms with Crippen LogP contribution in [0.2, 0.25) is 0 Å². The van der Waals surface area contributed by atoms with E-state index in [2.05, 4.69) is 36.3 Å². The van der Waals surface area contributed by atoms with Gasteiger partial charge in [-0.1, -0.05) is 15.9 Å². The summed E-state index contributed by atoms with van der Waals surface area (Å²) in [6.45, 7) is 1.89. The highest BCUT2D eigenvalue weighted by Gasteiger charge is 2.20. The number of nitrogens with zero attached hydrogens (tertiary/aromatic N) is 3. The van der Waals surface area contributed by atoms with Crippen molar-refractivity contribution in [1.82, 2.24) is 25.1 Å². The van der Waals surface area contributed by atoms with Gasteiger partial charge in [-0.3, -0.25) is 9.48 Å². The summed E-state index contributed by atoms with van der Waals surface area (Å²) in [5, 5.41) is 8.53. The fraction of sp³-hybridized carbons (Fsp3) is 0.316. The number of aromatic amines is 1. The summed E-state index contributed by atoms with van der Waals surface area (Å²) in [6.07, 6.45) is 2.04. The van der Waals surface area contributed by atoms with Gasteiger partial charge in [-0.05, 0) is 44.1 Å². The largest absolute Gasteiger partial charge is 0.473 e. The van der Waals surface area contributed by atoms with E-state index in [0.717, 1.165) is 35.8 Å². The molecule has 0 radical (unpaired) electrons. The van der Waals surface area contributed by atoms with Crippen molar-refractivity contribution in [1.29, 1.82) is 0 Å². The van der Waals surface area contributed by atoms with E-state index in [-0.39, 0.29) is 29.7 Å². The summed E-state index contributed by atoms with van der Waals surface area (Å²) < 4.78 is 14.3. The first-order valence-corrected chi connectivity index (χ1v) is 9.91. The normalized spacial score (nSPS) is 15.0. The number of aromatic nitrogens is 4. The second kappa shape index (κ2) is 7.81. The van der Waals surface area contributed by atoms with Crippen molar-refractivity contribution in [2.24, 2.45) is 7.05 Å². The third kappa shape index (κ3) is 3.65. The lowest BCUT2D eigenvalue weighted by Crippen LogP contribution is -2.34. The molecule has 0 spiro atoms. The zero-order valence-corrected chi connectivity index (χ0v) is 18.0. The van der Waals surface area contributed by atoms with Crippen LogP contribution in [-0.2, 0) is 7.05 Å². The van der Waals surface area contributed by atoms with Crippen LogP contribution in [0.4, 0.5) is 0 Å². The third-order valence-corrected chi connectivity index (χ3v) is 5.45. The zero-order chi connectivity index (χ0) is 19.3. The van der Waals surface area contributed by atoms with Gasteiger partial charge < -0.3 is 19.5 Å². The van der Waals surface area contributed by atoms with Crippen LogP contribution in [0.3, 0.4) is 0 Å². The monoisotopic (exact) mass is 479 g/mol. The number of rotatable bonds is 3. The Morgan fingerprint density at radius 1 is 1.28 bits per heavy atom. The van der Waals surface area contributed by atoms with Gasteiger partial charge in [-0.2, -0.15) is 0 Å². The van der Waals surface area contributed by atoms with E-state index in [1.807, 2.05) is 24.3 Å². The molecule has 0 amide bonds. The van der Waals surface area contributed by atoms with Gasteiger partial charge >= 0.3 is 0 Å². The maximum atomic E-state index is 12.6. The molecule has 152 valence electrons. The lowest BCUT2D eigenvalue weighted by atomic mass is 10.1. The van der Waals surface area contributed by atoms with Crippen LogP contribution >= 0.6 is 28.3 Å². The maximum absolute atomic E-state index is 12.6. The van der Waals surface area contributed by atoms with Crippen LogP contribution in [0, 0.1) is 0 Å². The minimum atomic E-state index is -0.325. The van der Waals surface area contributed by atoms with Gasteiger partial charge in [0.2, 0.25) is 11.5 Å². The number of hydrogen-bond acceptors (Lipinski definition) is 6. The van der Waals surface area contributed by atoms with E-state index < -0.39 is 0 Å². The Balaban J connectivity index is 0.00000205. The number of nitrogens with one attached hydrogen (secondary N) is 2. The first kappa shape index (κ1) is 19.9. The molecule has 4 aromatic rings. The van der Waals surface area contributed by atoms with Crippen molar-refractivity contribution in [3.8, 4) is 17.4 Å². The Bertz CT molecular complexity index is 1240. The number of piperidine rings is 1. The second-order valence-corrected chi connectivity index (χ2v) is 7.81. The van der Waals surface area contributed by atoms with Gasteiger partial charge in [-0.15, -0.1) is 17.5 Å². The van der Waals surface area contributed by atoms with E-state index >= 15 is 0 Å². The summed E-state index contributed by atoms with van der Waals surface area (Å²) in [7, 11) is 1.80. The van der Waals surface area contributed by atoms with Crippen LogP contribution in [0.15, 0.2) is 37.9 Å². The molecule has 2 N–H and O–H groups in total. The van der Waals surface area contributed by atoms with Crippen molar-refractivity contribution < 1.29 is 9.15 Å². The molecule has 1 aliphatic rings. The zero-order valence-electron chi connectivity index (χ0n) is 15.6. The highest BCUT2D eigenvalue weighted by molar-refractivity contribution is 9.10. The average Bonchev–Trinajstić information content (AvgIpc) is 3.23. The predicted octanol–water partition coefficient (Wildman–Crippen LogP) is 3.38. The molecule has 0 atom stereocenters. The molecule has 4 heterocycles. The van der Waals surface area contributed by atoms with E-state index in [4.69, 9.17) is 9.15 Å². The summed E-state index contributed by atoms with van der Waals surface area (Å²) >= 11 is 3.46. The smallest absolute Gasteiger partial charge is 0.294 e. The first-order chi connectivity index (χ1) is 13.6. The fourth-order valence-corrected chi connectivity index (χ4v) is 3.91. The van der Waals surface area contributed by atoms with Crippen molar-refractivity contribution in [3.05, 3.63) is 39.1 Å². The summed E-state index contributed by atoms with van der Waals surface area (Å²) in [6, 6.07) is 7.39. The van der Waals surface area contributed by atoms with Crippen molar-refractivity contribution in [2.45, 2.75) is 18.9 Å². The Labute approximate surface area is 180 Å². The number of benzene rings is 1. The van der Waals surface area contributed by atoms with Crippen molar-refractivity contribution in [3.63, 3.8) is 0 Å². The number of fused-ring (bicyclic) bond motifs is 3. The molecule has 3 aromatic heterocycles. The number of hydrogen-bond donors (Lipinski definition) is 2. The minimum Gasteiger partial charge on any atom is -0.473 e. The van der Waals surface area contributed by atoms with Crippen LogP contribution in [0.25, 0.3) is 33.6 Å². The van der Waals surface area contributed by atoms with E-state index in [9.17, 15) is 4.79 Å². The summed E-state index contributed by atoms with van der Waals surface area (Å²) in [5.41, 5.74) is 1.71. The molecule has 29 heavy (non-hydrogen) atoms. The number of H-pyrrole nitrogens is 1. The van der Waals surface area contributed by atoms with Gasteiger partial charge in [0.25, 0.3) is 5.56 Å². The maximum Gasteiger partial charge on any atom is 0.294 e. The fourth-order valence-electron chi connectivity index (χ4n) is 3.55. The molecule has 10 heteroatoms. The van der Waals surface area contributed by atoms with Crippen LogP contribution < -0.4 is 15.6 Å². The number of ether oxygens (including phenoxy) is 1. The van der Waals surface area contributed by atoms with Crippen LogP contribution in [0.1, 0.15) is 12.8 Å². The Morgan fingerprint density at radius 2 is 2.07 bits per heavy atom. The molecule has 1 fully saturated rings. The quantitative estimate of drug-likeness (QED) is 0.466. The first-order valence-electron chi connectivity index (χ1n) is 9.12. The minimum absolute atomic E-state index is 0. The van der Waals surface area contributed by atoms with Gasteiger partial charge in [0, 0.05) is 23.0 Å². The van der Waals surface area contributed by atoms with E-state index in [1.165, 1.54) is 0 Å². The molecular formula is C19H19BrClN5O3. The van der Waals surface area contributed by atoms with Crippen LogP contribution in [-0.4, -0.2) is 38.9 Å². The third-order valence-electron chi connectivity index (χ3n) is 4.96. The Kier molecular flexibility index (Phi) is 5.37. The highest BCUT2D eigenvalue weighted by Crippen LogP contribution is 2.29. The van der Waals surface area contributed by atoms with Gasteiger partial charge in [-0.25, -0.2) is 4.98 Å². The standard InChI is InChI=1S/C19H18BrN5O3.ClH/c1-25-13(9-15(24-25)27-11-4-6-21-7-5-11)18-22-16-12-8-10(20)2-3-14(12)28-17(16)19(26)23-18;/h2-3,8-9,11,21H,4-7H2,1H3,(H,22,23,26);1H. The highest BCUT2D eigenvalue weighted by atomic mass is 79.9. The second-order valence-electron chi connectivity index (χ2n) is 6.89. The molecule has 5 rings (SSSR count). The Morgan fingerprint density at radius 3 is 2.86 bits per heavy atom. The molecule has 1 saturated heterocycles. The number of aryl methyl sites for hydroxylation is 1. The molecule has 8 nitrogen and oxygen atoms in total. The van der Waals surface area contributed by atoms with Crippen molar-refractivity contribution in [2.75, 3.05) is 13.1 Å². The molecule has 0 unspecified atom stereocenters. The summed E-state index contributed by atoms with van der Waals surface area (Å²) in [5.74, 6) is 0.960. The molecule has 0 aliphatic carbocycles. The van der Waals surface area contributed by atoms with E-state index in [0.29, 0.717) is 28.5 Å². The number of furan rings is 1. The van der Waals surface area contributed by atoms with Gasteiger partial charge in [0.1, 0.15) is 22.9 Å². The topological polar surface area (TPSA) is 98.0 Å². The van der Waals surface area contributed by atoms with Gasteiger partial charge in [0.15, 0.2) is 5.82 Å². The molecule has 1 aliphatic heterocycles. The van der Waals surface area contributed by atoms with Gasteiger partial charge in [0.05, 0.1) is 0 Å². The Hall–Kier alpha value is -2.36. The number of halogens is 2.